The molecule has 6 atom stereocenters. The zero-order valence-corrected chi connectivity index (χ0v) is 19.3. The maximum Gasteiger partial charge on any atom is 0.0811 e. The summed E-state index contributed by atoms with van der Waals surface area (Å²) in [6.45, 7) is 13.8. The van der Waals surface area contributed by atoms with Crippen LogP contribution in [-0.2, 0) is 0 Å². The second-order valence-corrected chi connectivity index (χ2v) is 11.0. The van der Waals surface area contributed by atoms with E-state index in [9.17, 15) is 10.2 Å². The molecular formula is C27H44O2. The van der Waals surface area contributed by atoms with Crippen molar-refractivity contribution >= 4 is 0 Å². The van der Waals surface area contributed by atoms with Crippen molar-refractivity contribution in [1.82, 2.24) is 0 Å². The van der Waals surface area contributed by atoms with Crippen LogP contribution < -0.4 is 0 Å². The maximum atomic E-state index is 10.1. The molecule has 0 aromatic carbocycles. The number of hydrogen-bond acceptors (Lipinski definition) is 2. The first kappa shape index (κ1) is 22.8. The molecule has 0 spiro atoms. The van der Waals surface area contributed by atoms with E-state index in [1.807, 2.05) is 0 Å². The summed E-state index contributed by atoms with van der Waals surface area (Å²) < 4.78 is 0. The Bertz CT molecular complexity index is 643. The molecule has 0 radical (unpaired) electrons. The van der Waals surface area contributed by atoms with E-state index in [0.717, 1.165) is 28.9 Å². The Balaban J connectivity index is 1.71. The highest BCUT2D eigenvalue weighted by Gasteiger charge is 2.50. The Morgan fingerprint density at radius 1 is 1.14 bits per heavy atom. The lowest BCUT2D eigenvalue weighted by atomic mass is 9.60. The number of hydrogen-bond donors (Lipinski definition) is 2. The summed E-state index contributed by atoms with van der Waals surface area (Å²) in [4.78, 5) is 0. The van der Waals surface area contributed by atoms with E-state index >= 15 is 0 Å². The van der Waals surface area contributed by atoms with Crippen LogP contribution in [0.4, 0.5) is 0 Å². The van der Waals surface area contributed by atoms with Gasteiger partial charge in [0.05, 0.1) is 12.2 Å². The Kier molecular flexibility index (Phi) is 7.49. The minimum absolute atomic E-state index is 0.420. The lowest BCUT2D eigenvalue weighted by Crippen LogP contribution is -2.36. The molecule has 0 amide bonds. The van der Waals surface area contributed by atoms with Gasteiger partial charge in [0.2, 0.25) is 0 Å². The van der Waals surface area contributed by atoms with Crippen molar-refractivity contribution in [2.24, 2.45) is 29.1 Å². The van der Waals surface area contributed by atoms with Crippen LogP contribution in [0, 0.1) is 29.1 Å². The fourth-order valence-corrected chi connectivity index (χ4v) is 6.73. The van der Waals surface area contributed by atoms with Gasteiger partial charge in [0, 0.05) is 6.42 Å². The predicted molar refractivity (Wildman–Crippen MR) is 123 cm³/mol. The normalized spacial score (nSPS) is 39.3. The van der Waals surface area contributed by atoms with Gasteiger partial charge >= 0.3 is 0 Å². The lowest BCUT2D eigenvalue weighted by Gasteiger charge is -2.44. The number of allylic oxidation sites excluding steroid dienone is 3. The topological polar surface area (TPSA) is 40.5 Å². The molecule has 1 unspecified atom stereocenters. The third-order valence-corrected chi connectivity index (χ3v) is 8.43. The van der Waals surface area contributed by atoms with E-state index in [2.05, 4.69) is 46.4 Å². The number of aliphatic hydroxyl groups is 2. The third kappa shape index (κ3) is 5.07. The van der Waals surface area contributed by atoms with Gasteiger partial charge < -0.3 is 10.2 Å². The Hall–Kier alpha value is -0.860. The minimum atomic E-state index is -0.595. The van der Waals surface area contributed by atoms with Gasteiger partial charge in [-0.1, -0.05) is 71.3 Å². The molecule has 0 aromatic rings. The van der Waals surface area contributed by atoms with Gasteiger partial charge in [0.25, 0.3) is 0 Å². The molecule has 0 aromatic heterocycles. The van der Waals surface area contributed by atoms with Crippen LogP contribution >= 0.6 is 0 Å². The summed E-state index contributed by atoms with van der Waals surface area (Å²) in [6, 6.07) is 0. The van der Waals surface area contributed by atoms with E-state index in [1.165, 1.54) is 51.4 Å². The quantitative estimate of drug-likeness (QED) is 0.528. The highest BCUT2D eigenvalue weighted by Crippen LogP contribution is 2.59. The molecule has 3 aliphatic rings. The van der Waals surface area contributed by atoms with Gasteiger partial charge in [-0.25, -0.2) is 0 Å². The molecule has 2 heteroatoms. The van der Waals surface area contributed by atoms with E-state index < -0.39 is 12.2 Å². The van der Waals surface area contributed by atoms with Crippen LogP contribution in [0.15, 0.2) is 35.5 Å². The van der Waals surface area contributed by atoms with Crippen molar-refractivity contribution in [1.29, 1.82) is 0 Å². The first-order valence-corrected chi connectivity index (χ1v) is 12.2. The summed E-state index contributed by atoms with van der Waals surface area (Å²) >= 11 is 0. The van der Waals surface area contributed by atoms with Crippen LogP contribution in [-0.4, -0.2) is 22.4 Å². The third-order valence-electron chi connectivity index (χ3n) is 8.43. The zero-order chi connectivity index (χ0) is 21.2. The smallest absolute Gasteiger partial charge is 0.0811 e. The van der Waals surface area contributed by atoms with Crippen LogP contribution in [0.1, 0.15) is 91.9 Å². The van der Waals surface area contributed by atoms with Gasteiger partial charge in [0.1, 0.15) is 0 Å². The number of aliphatic hydroxyl groups excluding tert-OH is 2. The average molecular weight is 401 g/mol. The fourth-order valence-electron chi connectivity index (χ4n) is 6.73. The van der Waals surface area contributed by atoms with E-state index in [0.29, 0.717) is 24.2 Å². The summed E-state index contributed by atoms with van der Waals surface area (Å²) in [7, 11) is 0. The van der Waals surface area contributed by atoms with Gasteiger partial charge in [-0.15, -0.1) is 0 Å². The molecule has 2 N–H and O–H groups in total. The Morgan fingerprint density at radius 2 is 1.90 bits per heavy atom. The van der Waals surface area contributed by atoms with Crippen molar-refractivity contribution in [2.45, 2.75) is 104 Å². The fraction of sp³-hybridized carbons (Fsp3) is 0.778. The van der Waals surface area contributed by atoms with Gasteiger partial charge in [-0.3, -0.25) is 0 Å². The van der Waals surface area contributed by atoms with Crippen LogP contribution in [0.3, 0.4) is 0 Å². The number of fused-ring (bicyclic) bond motifs is 1. The van der Waals surface area contributed by atoms with Gasteiger partial charge in [-0.2, -0.15) is 0 Å². The Labute approximate surface area is 179 Å². The molecule has 164 valence electrons. The standard InChI is InChI=1S/C27H44O2/c1-18(2)8-6-9-19(3)24-13-14-25-21(10-7-15-27(24,25)5)11-12-22-16-23(28)17-26(29)20(22)4/h11-12,18-19,23-26,28-29H,4,6-10,13-17H2,1-3,5H3/b21-11+,22-12-/t19-,23+,24-,25?,26+,27-/m1/s1. The first-order valence-electron chi connectivity index (χ1n) is 12.2. The molecular weight excluding hydrogens is 356 g/mol. The second kappa shape index (κ2) is 9.52. The first-order chi connectivity index (χ1) is 13.7. The van der Waals surface area contributed by atoms with Crippen LogP contribution in [0.2, 0.25) is 0 Å². The molecule has 0 heterocycles. The molecule has 0 saturated heterocycles. The molecule has 3 fully saturated rings. The molecule has 0 aliphatic heterocycles. The van der Waals surface area contributed by atoms with Crippen molar-refractivity contribution < 1.29 is 10.2 Å². The second-order valence-electron chi connectivity index (χ2n) is 11.0. The van der Waals surface area contributed by atoms with E-state index in [1.54, 1.807) is 5.57 Å². The van der Waals surface area contributed by atoms with Crippen molar-refractivity contribution in [3.8, 4) is 0 Å². The van der Waals surface area contributed by atoms with Crippen LogP contribution in [0.25, 0.3) is 0 Å². The molecule has 3 aliphatic carbocycles. The highest BCUT2D eigenvalue weighted by molar-refractivity contribution is 5.38. The molecule has 3 saturated carbocycles. The number of rotatable bonds is 6. The zero-order valence-electron chi connectivity index (χ0n) is 19.3. The highest BCUT2D eigenvalue weighted by atomic mass is 16.3. The van der Waals surface area contributed by atoms with E-state index in [4.69, 9.17) is 0 Å². The van der Waals surface area contributed by atoms with Crippen molar-refractivity contribution in [2.75, 3.05) is 0 Å². The van der Waals surface area contributed by atoms with Crippen molar-refractivity contribution in [3.63, 3.8) is 0 Å². The summed E-state index contributed by atoms with van der Waals surface area (Å²) in [6.07, 6.45) is 15.2. The maximum absolute atomic E-state index is 10.1. The predicted octanol–water partition coefficient (Wildman–Crippen LogP) is 6.59. The average Bonchev–Trinajstić information content (AvgIpc) is 3.00. The van der Waals surface area contributed by atoms with Gasteiger partial charge in [0.15, 0.2) is 0 Å². The lowest BCUT2D eigenvalue weighted by molar-refractivity contribution is 0.0861. The SMILES string of the molecule is C=C1/C(=C\C=C2/CCC[C@@]3(C)C2CC[C@@H]3[C@H](C)CCCC(C)C)C[C@H](O)C[C@@H]1O. The molecule has 3 rings (SSSR count). The van der Waals surface area contributed by atoms with E-state index in [-0.39, 0.29) is 0 Å². The van der Waals surface area contributed by atoms with Gasteiger partial charge in [-0.05, 0) is 78.8 Å². The molecule has 0 bridgehead atoms. The van der Waals surface area contributed by atoms with Crippen molar-refractivity contribution in [3.05, 3.63) is 35.5 Å². The van der Waals surface area contributed by atoms with Crippen LogP contribution in [0.5, 0.6) is 0 Å². The monoisotopic (exact) mass is 400 g/mol. The summed E-state index contributed by atoms with van der Waals surface area (Å²) in [5.74, 6) is 3.20. The summed E-state index contributed by atoms with van der Waals surface area (Å²) in [5, 5.41) is 20.2. The summed E-state index contributed by atoms with van der Waals surface area (Å²) in [5.41, 5.74) is 3.88. The molecule has 2 nitrogen and oxygen atoms in total. The largest absolute Gasteiger partial charge is 0.393 e. The Morgan fingerprint density at radius 3 is 2.62 bits per heavy atom. The molecule has 29 heavy (non-hydrogen) atoms. The minimum Gasteiger partial charge on any atom is -0.393 e.